The van der Waals surface area contributed by atoms with Crippen molar-refractivity contribution in [3.05, 3.63) is 95.6 Å². The van der Waals surface area contributed by atoms with Gasteiger partial charge in [-0.05, 0) is 23.3 Å². The van der Waals surface area contributed by atoms with Crippen molar-refractivity contribution in [1.82, 2.24) is 0 Å². The van der Waals surface area contributed by atoms with Gasteiger partial charge >= 0.3 is 5.97 Å². The van der Waals surface area contributed by atoms with Crippen LogP contribution in [0.5, 0.6) is 11.5 Å². The van der Waals surface area contributed by atoms with E-state index < -0.39 is 5.97 Å². The lowest BCUT2D eigenvalue weighted by Gasteiger charge is -2.11. The maximum absolute atomic E-state index is 11.8. The number of rotatable bonds is 8. The number of phenols is 1. The van der Waals surface area contributed by atoms with Crippen LogP contribution >= 0.6 is 0 Å². The number of hydrogen-bond acceptors (Lipinski definition) is 6. The van der Waals surface area contributed by atoms with Crippen LogP contribution in [0.25, 0.3) is 0 Å². The van der Waals surface area contributed by atoms with Crippen molar-refractivity contribution in [2.24, 2.45) is 5.16 Å². The number of aromatic hydroxyl groups is 1. The van der Waals surface area contributed by atoms with E-state index in [9.17, 15) is 15.1 Å². The molecule has 0 atom stereocenters. The van der Waals surface area contributed by atoms with E-state index in [0.29, 0.717) is 23.4 Å². The number of ether oxygens (including phenoxy) is 2. The molecule has 0 saturated heterocycles. The molecule has 0 spiro atoms. The molecule has 0 saturated carbocycles. The van der Waals surface area contributed by atoms with Crippen LogP contribution in [-0.4, -0.2) is 28.6 Å². The van der Waals surface area contributed by atoms with Crippen molar-refractivity contribution in [3.8, 4) is 11.5 Å². The fourth-order valence-corrected chi connectivity index (χ4v) is 2.74. The van der Waals surface area contributed by atoms with Crippen LogP contribution in [-0.2, 0) is 22.6 Å². The first-order valence-electron chi connectivity index (χ1n) is 9.06. The molecule has 0 aliphatic carbocycles. The van der Waals surface area contributed by atoms with Crippen LogP contribution in [0.1, 0.15) is 16.7 Å². The maximum Gasteiger partial charge on any atom is 0.344 e. The van der Waals surface area contributed by atoms with Crippen molar-refractivity contribution < 1.29 is 24.6 Å². The summed E-state index contributed by atoms with van der Waals surface area (Å²) in [4.78, 5) is 11.8. The quantitative estimate of drug-likeness (QED) is 0.263. The Kier molecular flexibility index (Phi) is 6.84. The van der Waals surface area contributed by atoms with Crippen LogP contribution in [0.15, 0.2) is 84.0 Å². The summed E-state index contributed by atoms with van der Waals surface area (Å²) in [5, 5.41) is 23.0. The number of esters is 1. The fraction of sp³-hybridized carbons (Fsp3) is 0.130. The highest BCUT2D eigenvalue weighted by molar-refractivity contribution is 6.03. The summed E-state index contributed by atoms with van der Waals surface area (Å²) in [5.74, 6) is -0.317. The largest absolute Gasteiger partial charge is 0.507 e. The van der Waals surface area contributed by atoms with E-state index in [2.05, 4.69) is 5.16 Å². The van der Waals surface area contributed by atoms with Crippen molar-refractivity contribution in [2.75, 3.05) is 6.61 Å². The van der Waals surface area contributed by atoms with Crippen LogP contribution in [0, 0.1) is 0 Å². The number of nitrogens with zero attached hydrogens (tertiary/aromatic N) is 1. The molecule has 0 unspecified atom stereocenters. The first-order valence-corrected chi connectivity index (χ1v) is 9.06. The lowest BCUT2D eigenvalue weighted by Crippen LogP contribution is -2.15. The SMILES string of the molecule is O=C(COc1ccc(/C(Cc2ccccc2)=N/O)c(O)c1)OCc1ccccc1. The average molecular weight is 391 g/mol. The van der Waals surface area contributed by atoms with Gasteiger partial charge in [-0.1, -0.05) is 65.8 Å². The predicted octanol–water partition coefficient (Wildman–Crippen LogP) is 3.94. The van der Waals surface area contributed by atoms with Gasteiger partial charge in [0.15, 0.2) is 6.61 Å². The summed E-state index contributed by atoms with van der Waals surface area (Å²) < 4.78 is 10.5. The maximum atomic E-state index is 11.8. The Morgan fingerprint density at radius 3 is 2.17 bits per heavy atom. The molecule has 0 aliphatic rings. The molecule has 3 aromatic carbocycles. The molecule has 0 aromatic heterocycles. The molecule has 0 heterocycles. The average Bonchev–Trinajstić information content (AvgIpc) is 2.76. The summed E-state index contributed by atoms with van der Waals surface area (Å²) in [6.45, 7) is -0.111. The molecule has 6 nitrogen and oxygen atoms in total. The molecule has 0 radical (unpaired) electrons. The van der Waals surface area contributed by atoms with Crippen LogP contribution in [0.4, 0.5) is 0 Å². The second-order valence-corrected chi connectivity index (χ2v) is 6.32. The molecular weight excluding hydrogens is 370 g/mol. The molecule has 0 bridgehead atoms. The lowest BCUT2D eigenvalue weighted by atomic mass is 10.0. The van der Waals surface area contributed by atoms with E-state index in [1.54, 1.807) is 12.1 Å². The zero-order valence-corrected chi connectivity index (χ0v) is 15.7. The molecule has 6 heteroatoms. The van der Waals surface area contributed by atoms with Gasteiger partial charge in [0.2, 0.25) is 0 Å². The van der Waals surface area contributed by atoms with Gasteiger partial charge in [0.1, 0.15) is 18.1 Å². The Labute approximate surface area is 168 Å². The third kappa shape index (κ3) is 5.84. The Balaban J connectivity index is 1.56. The second kappa shape index (κ2) is 9.94. The monoisotopic (exact) mass is 391 g/mol. The summed E-state index contributed by atoms with van der Waals surface area (Å²) in [6.07, 6.45) is 0.358. The van der Waals surface area contributed by atoms with Crippen LogP contribution in [0.3, 0.4) is 0 Å². The first kappa shape index (κ1) is 19.9. The third-order valence-electron chi connectivity index (χ3n) is 4.21. The van der Waals surface area contributed by atoms with E-state index in [1.165, 1.54) is 6.07 Å². The highest BCUT2D eigenvalue weighted by Crippen LogP contribution is 2.25. The Hall–Kier alpha value is -3.80. The van der Waals surface area contributed by atoms with Gasteiger partial charge in [-0.15, -0.1) is 0 Å². The number of oxime groups is 1. The number of benzene rings is 3. The molecule has 0 amide bonds. The van der Waals surface area contributed by atoms with Crippen molar-refractivity contribution >= 4 is 11.7 Å². The smallest absolute Gasteiger partial charge is 0.344 e. The second-order valence-electron chi connectivity index (χ2n) is 6.32. The first-order chi connectivity index (χ1) is 14.2. The van der Waals surface area contributed by atoms with Gasteiger partial charge in [0.25, 0.3) is 0 Å². The van der Waals surface area contributed by atoms with Gasteiger partial charge in [-0.2, -0.15) is 0 Å². The Morgan fingerprint density at radius 2 is 1.55 bits per heavy atom. The van der Waals surface area contributed by atoms with Gasteiger partial charge in [-0.25, -0.2) is 4.79 Å². The summed E-state index contributed by atoms with van der Waals surface area (Å²) >= 11 is 0. The lowest BCUT2D eigenvalue weighted by molar-refractivity contribution is -0.147. The zero-order valence-electron chi connectivity index (χ0n) is 15.7. The summed E-state index contributed by atoms with van der Waals surface area (Å²) in [5.41, 5.74) is 2.54. The third-order valence-corrected chi connectivity index (χ3v) is 4.21. The molecule has 148 valence electrons. The minimum Gasteiger partial charge on any atom is -0.507 e. The van der Waals surface area contributed by atoms with Gasteiger partial charge in [0, 0.05) is 18.1 Å². The van der Waals surface area contributed by atoms with Crippen molar-refractivity contribution in [2.45, 2.75) is 13.0 Å². The van der Waals surface area contributed by atoms with E-state index in [4.69, 9.17) is 9.47 Å². The summed E-state index contributed by atoms with van der Waals surface area (Å²) in [6, 6.07) is 23.4. The van der Waals surface area contributed by atoms with Gasteiger partial charge in [0.05, 0.1) is 5.71 Å². The van der Waals surface area contributed by atoms with E-state index in [-0.39, 0.29) is 19.0 Å². The molecule has 3 rings (SSSR count). The molecule has 2 N–H and O–H groups in total. The van der Waals surface area contributed by atoms with Crippen molar-refractivity contribution in [1.29, 1.82) is 0 Å². The number of carbonyl (C=O) groups is 1. The number of carbonyl (C=O) groups excluding carboxylic acids is 1. The number of phenolic OH excluding ortho intramolecular Hbond substituents is 1. The zero-order chi connectivity index (χ0) is 20.5. The van der Waals surface area contributed by atoms with Crippen LogP contribution < -0.4 is 4.74 Å². The molecule has 0 fully saturated rings. The van der Waals surface area contributed by atoms with Gasteiger partial charge < -0.3 is 19.8 Å². The highest BCUT2D eigenvalue weighted by atomic mass is 16.6. The topological polar surface area (TPSA) is 88.4 Å². The minimum absolute atomic E-state index is 0.108. The predicted molar refractivity (Wildman–Crippen MR) is 108 cm³/mol. The minimum atomic E-state index is -0.515. The van der Waals surface area contributed by atoms with E-state index in [1.807, 2.05) is 60.7 Å². The standard InChI is InChI=1S/C23H21NO5/c25-22-14-19(28-16-23(26)29-15-18-9-5-2-6-10-18)11-12-20(22)21(24-27)13-17-7-3-1-4-8-17/h1-12,14,25,27H,13,15-16H2/b24-21+. The molecule has 3 aromatic rings. The number of hydrogen-bond donors (Lipinski definition) is 2. The Bertz CT molecular complexity index is 971. The Morgan fingerprint density at radius 1 is 0.897 bits per heavy atom. The van der Waals surface area contributed by atoms with E-state index in [0.717, 1.165) is 11.1 Å². The van der Waals surface area contributed by atoms with Crippen LogP contribution in [0.2, 0.25) is 0 Å². The van der Waals surface area contributed by atoms with E-state index >= 15 is 0 Å². The van der Waals surface area contributed by atoms with Crippen molar-refractivity contribution in [3.63, 3.8) is 0 Å². The molecular formula is C23H21NO5. The molecule has 29 heavy (non-hydrogen) atoms. The fourth-order valence-electron chi connectivity index (χ4n) is 2.74. The highest BCUT2D eigenvalue weighted by Gasteiger charge is 2.13. The molecule has 0 aliphatic heterocycles. The van der Waals surface area contributed by atoms with Gasteiger partial charge in [-0.3, -0.25) is 0 Å². The summed E-state index contributed by atoms with van der Waals surface area (Å²) in [7, 11) is 0. The normalized spacial score (nSPS) is 11.1.